The molecule has 0 aliphatic rings. The highest BCUT2D eigenvalue weighted by atomic mass is 16.2. The molecular weight excluding hydrogens is 352 g/mol. The summed E-state index contributed by atoms with van der Waals surface area (Å²) in [4.78, 5) is 25.1. The second-order valence-electron chi connectivity index (χ2n) is 7.34. The van der Waals surface area contributed by atoms with Gasteiger partial charge in [0.1, 0.15) is 6.54 Å². The number of anilines is 1. The molecule has 0 atom stereocenters. The minimum absolute atomic E-state index is 0.132. The molecule has 0 fully saturated rings. The Labute approximate surface area is 162 Å². The molecule has 4 rings (SSSR count). The number of benzene rings is 2. The van der Waals surface area contributed by atoms with E-state index in [-0.39, 0.29) is 18.0 Å². The summed E-state index contributed by atoms with van der Waals surface area (Å²) in [6, 6.07) is 15.1. The van der Waals surface area contributed by atoms with Gasteiger partial charge in [0.2, 0.25) is 5.91 Å². The number of fused-ring (bicyclic) bond motifs is 2. The van der Waals surface area contributed by atoms with E-state index in [1.165, 1.54) is 4.68 Å². The van der Waals surface area contributed by atoms with Crippen molar-refractivity contribution >= 4 is 33.3 Å². The number of hydrogen-bond acceptors (Lipinski definition) is 3. The number of nitrogens with one attached hydrogen (secondary N) is 1. The van der Waals surface area contributed by atoms with Gasteiger partial charge in [0.25, 0.3) is 5.56 Å². The average Bonchev–Trinajstić information content (AvgIpc) is 3.08. The standard InChI is InChI=1S/C22H22N4O2/c1-15(2)13-25-11-10-18-19(8-5-9-20(18)25)24-21(27)14-26-22(28)17-7-4-3-6-16(17)12-23-26/h3-12,15H,13-14H2,1-2H3,(H,24,27). The van der Waals surface area contributed by atoms with E-state index in [1.807, 2.05) is 42.6 Å². The largest absolute Gasteiger partial charge is 0.347 e. The number of carbonyl (C=O) groups is 1. The predicted molar refractivity (Wildman–Crippen MR) is 111 cm³/mol. The summed E-state index contributed by atoms with van der Waals surface area (Å²) < 4.78 is 3.38. The molecule has 4 aromatic rings. The summed E-state index contributed by atoms with van der Waals surface area (Å²) in [6.45, 7) is 5.13. The van der Waals surface area contributed by atoms with E-state index in [0.29, 0.717) is 11.3 Å². The minimum atomic E-state index is -0.283. The SMILES string of the molecule is CC(C)Cn1ccc2c(NC(=O)Cn3ncc4ccccc4c3=O)cccc21. The molecule has 0 saturated heterocycles. The molecule has 0 unspecified atom stereocenters. The summed E-state index contributed by atoms with van der Waals surface area (Å²) in [7, 11) is 0. The quantitative estimate of drug-likeness (QED) is 0.580. The van der Waals surface area contributed by atoms with Gasteiger partial charge in [-0.2, -0.15) is 5.10 Å². The van der Waals surface area contributed by atoms with Gasteiger partial charge in [0.05, 0.1) is 22.8 Å². The van der Waals surface area contributed by atoms with E-state index < -0.39 is 0 Å². The number of amides is 1. The Balaban J connectivity index is 1.58. The van der Waals surface area contributed by atoms with Crippen LogP contribution < -0.4 is 10.9 Å². The van der Waals surface area contributed by atoms with Crippen LogP contribution in [0.4, 0.5) is 5.69 Å². The van der Waals surface area contributed by atoms with E-state index in [9.17, 15) is 9.59 Å². The first-order chi connectivity index (χ1) is 13.5. The van der Waals surface area contributed by atoms with Crippen LogP contribution in [0.3, 0.4) is 0 Å². The van der Waals surface area contributed by atoms with E-state index >= 15 is 0 Å². The lowest BCUT2D eigenvalue weighted by atomic mass is 10.2. The van der Waals surface area contributed by atoms with Gasteiger partial charge in [-0.3, -0.25) is 9.59 Å². The van der Waals surface area contributed by atoms with Gasteiger partial charge >= 0.3 is 0 Å². The number of carbonyl (C=O) groups excluding carboxylic acids is 1. The Morgan fingerprint density at radius 1 is 1.07 bits per heavy atom. The van der Waals surface area contributed by atoms with Crippen molar-refractivity contribution in [1.29, 1.82) is 0 Å². The van der Waals surface area contributed by atoms with Crippen molar-refractivity contribution in [1.82, 2.24) is 14.3 Å². The summed E-state index contributed by atoms with van der Waals surface area (Å²) in [6.07, 6.45) is 3.65. The molecule has 0 aliphatic carbocycles. The van der Waals surface area contributed by atoms with Gasteiger partial charge in [-0.15, -0.1) is 0 Å². The smallest absolute Gasteiger partial charge is 0.275 e. The second kappa shape index (κ2) is 7.31. The molecule has 0 saturated carbocycles. The lowest BCUT2D eigenvalue weighted by Crippen LogP contribution is -2.29. The zero-order valence-electron chi connectivity index (χ0n) is 15.9. The molecule has 0 spiro atoms. The highest BCUT2D eigenvalue weighted by molar-refractivity contribution is 6.01. The number of aromatic nitrogens is 3. The molecule has 0 bridgehead atoms. The molecule has 2 heterocycles. The molecule has 1 amide bonds. The lowest BCUT2D eigenvalue weighted by Gasteiger charge is -2.11. The molecule has 6 heteroatoms. The van der Waals surface area contributed by atoms with Crippen molar-refractivity contribution in [2.24, 2.45) is 5.92 Å². The third kappa shape index (κ3) is 3.41. The van der Waals surface area contributed by atoms with Gasteiger partial charge in [-0.25, -0.2) is 4.68 Å². The first-order valence-corrected chi connectivity index (χ1v) is 9.35. The zero-order chi connectivity index (χ0) is 19.7. The maximum Gasteiger partial charge on any atom is 0.275 e. The number of hydrogen-bond donors (Lipinski definition) is 1. The normalized spacial score (nSPS) is 11.4. The molecule has 6 nitrogen and oxygen atoms in total. The van der Waals surface area contributed by atoms with E-state index in [0.717, 1.165) is 28.5 Å². The molecule has 2 aromatic heterocycles. The highest BCUT2D eigenvalue weighted by Crippen LogP contribution is 2.25. The number of nitrogens with zero attached hydrogens (tertiary/aromatic N) is 3. The monoisotopic (exact) mass is 374 g/mol. The Morgan fingerprint density at radius 2 is 1.89 bits per heavy atom. The molecule has 0 aliphatic heterocycles. The molecule has 28 heavy (non-hydrogen) atoms. The maximum absolute atomic E-state index is 12.6. The van der Waals surface area contributed by atoms with Crippen LogP contribution in [0.2, 0.25) is 0 Å². The van der Waals surface area contributed by atoms with Gasteiger partial charge in [0, 0.05) is 23.5 Å². The molecule has 142 valence electrons. The zero-order valence-corrected chi connectivity index (χ0v) is 15.9. The van der Waals surface area contributed by atoms with Crippen LogP contribution in [0.5, 0.6) is 0 Å². The summed E-state index contributed by atoms with van der Waals surface area (Å²) >= 11 is 0. The van der Waals surface area contributed by atoms with Crippen molar-refractivity contribution in [3.63, 3.8) is 0 Å². The Kier molecular flexibility index (Phi) is 4.69. The molecule has 1 N–H and O–H groups in total. The second-order valence-corrected chi connectivity index (χ2v) is 7.34. The fourth-order valence-electron chi connectivity index (χ4n) is 3.45. The van der Waals surface area contributed by atoms with Crippen LogP contribution in [0.15, 0.2) is 65.7 Å². The van der Waals surface area contributed by atoms with Crippen LogP contribution in [0, 0.1) is 5.92 Å². The summed E-state index contributed by atoms with van der Waals surface area (Å²) in [5.41, 5.74) is 1.54. The Morgan fingerprint density at radius 3 is 2.71 bits per heavy atom. The van der Waals surface area contributed by atoms with Crippen LogP contribution >= 0.6 is 0 Å². The van der Waals surface area contributed by atoms with Crippen molar-refractivity contribution in [2.45, 2.75) is 26.9 Å². The van der Waals surface area contributed by atoms with Crippen molar-refractivity contribution in [3.05, 3.63) is 71.3 Å². The van der Waals surface area contributed by atoms with Crippen molar-refractivity contribution in [3.8, 4) is 0 Å². The highest BCUT2D eigenvalue weighted by Gasteiger charge is 2.12. The van der Waals surface area contributed by atoms with Crippen molar-refractivity contribution in [2.75, 3.05) is 5.32 Å². The minimum Gasteiger partial charge on any atom is -0.347 e. The fraction of sp³-hybridized carbons (Fsp3) is 0.227. The average molecular weight is 374 g/mol. The first-order valence-electron chi connectivity index (χ1n) is 9.35. The summed E-state index contributed by atoms with van der Waals surface area (Å²) in [5.74, 6) is 0.244. The lowest BCUT2D eigenvalue weighted by molar-refractivity contribution is -0.117. The van der Waals surface area contributed by atoms with Crippen LogP contribution in [0.25, 0.3) is 21.7 Å². The molecule has 2 aromatic carbocycles. The van der Waals surface area contributed by atoms with Crippen molar-refractivity contribution < 1.29 is 4.79 Å². The third-order valence-electron chi connectivity index (χ3n) is 4.70. The van der Waals surface area contributed by atoms with Crippen LogP contribution in [-0.2, 0) is 17.9 Å². The summed E-state index contributed by atoms with van der Waals surface area (Å²) in [5, 5.41) is 9.35. The molecule has 0 radical (unpaired) electrons. The van der Waals surface area contributed by atoms with Gasteiger partial charge in [-0.1, -0.05) is 38.1 Å². The van der Waals surface area contributed by atoms with Gasteiger partial charge in [-0.05, 0) is 30.2 Å². The Bertz CT molecular complexity index is 1220. The fourth-order valence-corrected chi connectivity index (χ4v) is 3.45. The number of rotatable bonds is 5. The van der Waals surface area contributed by atoms with Crippen LogP contribution in [-0.4, -0.2) is 20.3 Å². The third-order valence-corrected chi connectivity index (χ3v) is 4.70. The Hall–Kier alpha value is -3.41. The van der Waals surface area contributed by atoms with E-state index in [2.05, 4.69) is 28.8 Å². The molecular formula is C22H22N4O2. The maximum atomic E-state index is 12.6. The topological polar surface area (TPSA) is 68.9 Å². The van der Waals surface area contributed by atoms with E-state index in [4.69, 9.17) is 0 Å². The van der Waals surface area contributed by atoms with Gasteiger partial charge in [0.15, 0.2) is 0 Å². The van der Waals surface area contributed by atoms with Gasteiger partial charge < -0.3 is 9.88 Å². The van der Waals surface area contributed by atoms with E-state index in [1.54, 1.807) is 18.3 Å². The predicted octanol–water partition coefficient (Wildman–Crippen LogP) is 3.65. The van der Waals surface area contributed by atoms with Crippen LogP contribution in [0.1, 0.15) is 13.8 Å². The first kappa shape index (κ1) is 18.0.